The van der Waals surface area contributed by atoms with E-state index in [0.29, 0.717) is 0 Å². The molecular weight excluding hydrogens is 652 g/mol. The van der Waals surface area contributed by atoms with Crippen LogP contribution in [0, 0.1) is 6.07 Å². The number of hydrogen-bond donors (Lipinski definition) is 0. The molecule has 36 heavy (non-hydrogen) atoms. The van der Waals surface area contributed by atoms with Crippen LogP contribution < -0.4 is 17.0 Å². The monoisotopic (exact) mass is 670 g/mol. The summed E-state index contributed by atoms with van der Waals surface area (Å²) >= 11 is 6.96. The second-order valence-corrected chi connectivity index (χ2v) is 9.07. The Balaban J connectivity index is 0.000000207. The molecule has 4 aromatic carbocycles. The number of para-hydroxylation sites is 2. The van der Waals surface area contributed by atoms with E-state index >= 15 is 0 Å². The van der Waals surface area contributed by atoms with E-state index in [9.17, 15) is 0 Å². The van der Waals surface area contributed by atoms with E-state index in [1.807, 2.05) is 97.2 Å². The van der Waals surface area contributed by atoms with Crippen molar-refractivity contribution in [1.82, 2.24) is 9.97 Å². The van der Waals surface area contributed by atoms with Gasteiger partial charge in [-0.2, -0.15) is 36.4 Å². The topological polar surface area (TPSA) is 25.8 Å². The maximum Gasteiger partial charge on any atom is 2.00 e. The average molecular weight is 674 g/mol. The van der Waals surface area contributed by atoms with Crippen LogP contribution in [0.3, 0.4) is 0 Å². The van der Waals surface area contributed by atoms with Crippen LogP contribution in [-0.4, -0.2) is 33.0 Å². The first-order valence-corrected chi connectivity index (χ1v) is 12.3. The van der Waals surface area contributed by atoms with Gasteiger partial charge in [-0.15, -0.1) is 0 Å². The van der Waals surface area contributed by atoms with E-state index in [1.165, 1.54) is 5.39 Å². The maximum atomic E-state index is 4.70. The van der Waals surface area contributed by atoms with E-state index < -0.39 is 0 Å². The summed E-state index contributed by atoms with van der Waals surface area (Å²) in [5.74, 6) is 0. The summed E-state index contributed by atoms with van der Waals surface area (Å²) in [6.07, 6.45) is 1.81. The summed E-state index contributed by atoms with van der Waals surface area (Å²) < 4.78 is 2.05. The second-order valence-electron chi connectivity index (χ2n) is 7.30. The first-order chi connectivity index (χ1) is 16.7. The van der Waals surface area contributed by atoms with Crippen molar-refractivity contribution in [3.8, 4) is 11.3 Å². The summed E-state index contributed by atoms with van der Waals surface area (Å²) in [6, 6.07) is 43.1. The maximum absolute atomic E-state index is 4.70. The third-order valence-corrected chi connectivity index (χ3v) is 5.93. The molecule has 0 bridgehead atoms. The van der Waals surface area contributed by atoms with Crippen LogP contribution in [0.15, 0.2) is 136 Å². The van der Waals surface area contributed by atoms with Crippen molar-refractivity contribution in [2.75, 3.05) is 0 Å². The molecule has 0 radical (unpaired) electrons. The molecule has 0 fully saturated rings. The van der Waals surface area contributed by atoms with Crippen LogP contribution in [0.1, 0.15) is 0 Å². The Bertz CT molecular complexity index is 1450. The molecule has 0 saturated heterocycles. The predicted octanol–water partition coefficient (Wildman–Crippen LogP) is 5.77. The largest absolute Gasteiger partial charge is 2.00 e. The fourth-order valence-electron chi connectivity index (χ4n) is 3.27. The van der Waals surface area contributed by atoms with Gasteiger partial charge in [-0.25, -0.2) is 4.98 Å². The Morgan fingerprint density at radius 3 is 1.78 bits per heavy atom. The Morgan fingerprint density at radius 1 is 0.611 bits per heavy atom. The number of halogens is 3. The van der Waals surface area contributed by atoms with Crippen molar-refractivity contribution in [3.05, 3.63) is 143 Å². The van der Waals surface area contributed by atoms with Crippen LogP contribution >= 0.6 is 31.9 Å². The van der Waals surface area contributed by atoms with Crippen molar-refractivity contribution >= 4 is 76.7 Å². The van der Waals surface area contributed by atoms with E-state index in [2.05, 4.69) is 73.2 Å². The fourth-order valence-corrected chi connectivity index (χ4v) is 4.19. The molecule has 2 nitrogen and oxygen atoms in total. The average Bonchev–Trinajstić information content (AvgIpc) is 2.90. The number of rotatable bonds is 1. The SMILES string of the molecule is Brc1cc2ccccc2nc1-c1ccccc1.Brc1cnc2ccccc2c1.[Br-].[Mg+2].[c-]1ccccc1. The minimum atomic E-state index is 0. The molecule has 174 valence electrons. The Hall–Kier alpha value is -2.09. The number of benzene rings is 4. The van der Waals surface area contributed by atoms with Crippen LogP contribution in [0.5, 0.6) is 0 Å². The van der Waals surface area contributed by atoms with Gasteiger partial charge >= 0.3 is 23.1 Å². The van der Waals surface area contributed by atoms with Gasteiger partial charge in [0.05, 0.1) is 16.7 Å². The standard InChI is InChI=1S/C15H10BrN.C9H6BrN.C6H5.BrH.Mg/c16-13-10-12-8-4-5-9-14(12)17-15(13)11-6-2-1-3-7-11;10-8-5-7-3-1-2-4-9(7)11-6-8;1-2-4-6-5-3-1;;/h1-10H;1-6H;1-5H;1H;/q;;-1;;+2/p-1. The van der Waals surface area contributed by atoms with Gasteiger partial charge in [0, 0.05) is 31.5 Å². The molecule has 6 aromatic rings. The Kier molecular flexibility index (Phi) is 13.3. The molecule has 0 aliphatic carbocycles. The van der Waals surface area contributed by atoms with Gasteiger partial charge in [0.15, 0.2) is 0 Å². The normalized spacial score (nSPS) is 9.50. The summed E-state index contributed by atoms with van der Waals surface area (Å²) in [4.78, 5) is 8.93. The first kappa shape index (κ1) is 30.1. The van der Waals surface area contributed by atoms with Crippen LogP contribution in [-0.2, 0) is 0 Å². The molecule has 2 heterocycles. The van der Waals surface area contributed by atoms with Crippen LogP contribution in [0.4, 0.5) is 0 Å². The van der Waals surface area contributed by atoms with Gasteiger partial charge in [-0.1, -0.05) is 66.7 Å². The molecule has 0 atom stereocenters. The fraction of sp³-hybridized carbons (Fsp3) is 0. The van der Waals surface area contributed by atoms with E-state index in [1.54, 1.807) is 0 Å². The molecule has 6 rings (SSSR count). The van der Waals surface area contributed by atoms with Crippen molar-refractivity contribution < 1.29 is 17.0 Å². The van der Waals surface area contributed by atoms with E-state index in [-0.39, 0.29) is 40.0 Å². The van der Waals surface area contributed by atoms with Gasteiger partial charge in [0.1, 0.15) is 0 Å². The third kappa shape index (κ3) is 8.78. The molecule has 6 heteroatoms. The quantitative estimate of drug-likeness (QED) is 0.164. The summed E-state index contributed by atoms with van der Waals surface area (Å²) in [6.45, 7) is 0. The van der Waals surface area contributed by atoms with E-state index in [0.717, 1.165) is 36.6 Å². The molecule has 0 aliphatic heterocycles. The zero-order chi connectivity index (χ0) is 23.6. The smallest absolute Gasteiger partial charge is 1.00 e. The number of aromatic nitrogens is 2. The number of hydrogen-bond acceptors (Lipinski definition) is 2. The summed E-state index contributed by atoms with van der Waals surface area (Å²) in [5.41, 5.74) is 4.18. The summed E-state index contributed by atoms with van der Waals surface area (Å²) in [7, 11) is 0. The van der Waals surface area contributed by atoms with Crippen molar-refractivity contribution in [2.45, 2.75) is 0 Å². The molecule has 0 amide bonds. The van der Waals surface area contributed by atoms with Gasteiger partial charge in [-0.3, -0.25) is 4.98 Å². The second kappa shape index (κ2) is 15.9. The van der Waals surface area contributed by atoms with Crippen LogP contribution in [0.25, 0.3) is 33.1 Å². The number of fused-ring (bicyclic) bond motifs is 2. The Labute approximate surface area is 255 Å². The van der Waals surface area contributed by atoms with Crippen LogP contribution in [0.2, 0.25) is 0 Å². The number of nitrogens with zero attached hydrogens (tertiary/aromatic N) is 2. The minimum Gasteiger partial charge on any atom is -1.00 e. The van der Waals surface area contributed by atoms with Crippen molar-refractivity contribution in [2.24, 2.45) is 0 Å². The minimum absolute atomic E-state index is 0. The Morgan fingerprint density at radius 2 is 1.17 bits per heavy atom. The molecule has 0 aliphatic rings. The molecule has 0 N–H and O–H groups in total. The van der Waals surface area contributed by atoms with Gasteiger partial charge in [-0.05, 0) is 56.1 Å². The first-order valence-electron chi connectivity index (χ1n) is 10.7. The zero-order valence-corrected chi connectivity index (χ0v) is 25.5. The van der Waals surface area contributed by atoms with Crippen molar-refractivity contribution in [3.63, 3.8) is 0 Å². The van der Waals surface area contributed by atoms with Gasteiger partial charge < -0.3 is 17.0 Å². The van der Waals surface area contributed by atoms with Gasteiger partial charge in [0.2, 0.25) is 0 Å². The molecule has 0 spiro atoms. The van der Waals surface area contributed by atoms with E-state index in [4.69, 9.17) is 4.98 Å². The molecular formula is C30H21Br3MgN2. The van der Waals surface area contributed by atoms with Gasteiger partial charge in [0.25, 0.3) is 0 Å². The summed E-state index contributed by atoms with van der Waals surface area (Å²) in [5, 5.41) is 2.32. The molecule has 2 aromatic heterocycles. The molecule has 0 saturated carbocycles. The third-order valence-electron chi connectivity index (χ3n) is 4.89. The zero-order valence-electron chi connectivity index (χ0n) is 19.4. The van der Waals surface area contributed by atoms with Crippen molar-refractivity contribution in [1.29, 1.82) is 0 Å². The molecule has 0 unspecified atom stereocenters. The predicted molar refractivity (Wildman–Crippen MR) is 155 cm³/mol. The number of pyridine rings is 2.